The first kappa shape index (κ1) is 124. The van der Waals surface area contributed by atoms with Crippen LogP contribution in [0.3, 0.4) is 0 Å². The van der Waals surface area contributed by atoms with Gasteiger partial charge in [0.05, 0.1) is 50.4 Å². The van der Waals surface area contributed by atoms with Gasteiger partial charge in [0.25, 0.3) is 0 Å². The maximum Gasteiger partial charge on any atom is 0.231 e. The van der Waals surface area contributed by atoms with Gasteiger partial charge in [-0.15, -0.1) is 0 Å². The zero-order valence-corrected chi connectivity index (χ0v) is 95.3. The molecule has 0 radical (unpaired) electrons. The number of carbonyl (C=O) groups excluding carboxylic acids is 1. The molecule has 29 heteroatoms. The molecule has 1 aliphatic carbocycles. The molecule has 15 aromatic rings. The van der Waals surface area contributed by atoms with E-state index < -0.39 is 35.7 Å². The fourth-order valence-electron chi connectivity index (χ4n) is 13.8. The summed E-state index contributed by atoms with van der Waals surface area (Å²) in [6.45, 7) is 60.5. The van der Waals surface area contributed by atoms with E-state index >= 15 is 0 Å². The number of pyridine rings is 1. The van der Waals surface area contributed by atoms with Crippen molar-refractivity contribution in [3.05, 3.63) is 319 Å². The lowest BCUT2D eigenvalue weighted by Crippen LogP contribution is -2.15. The van der Waals surface area contributed by atoms with Crippen molar-refractivity contribution in [2.45, 2.75) is 171 Å². The van der Waals surface area contributed by atoms with Crippen LogP contribution in [-0.4, -0.2) is 144 Å². The van der Waals surface area contributed by atoms with Gasteiger partial charge in [0.2, 0.25) is 35.6 Å². The number of nitrogens with zero attached hydrogens (tertiary/aromatic N) is 12. The molecule has 0 saturated heterocycles. The fraction of sp³-hybridized carbons (Fsp3) is 0.322. The van der Waals surface area contributed by atoms with Crippen molar-refractivity contribution in [3.63, 3.8) is 0 Å². The Hall–Kier alpha value is -12.8. The topological polar surface area (TPSA) is 321 Å². The summed E-state index contributed by atoms with van der Waals surface area (Å²) in [6.07, 6.45) is 21.8. The highest BCUT2D eigenvalue weighted by Crippen LogP contribution is 2.43. The van der Waals surface area contributed by atoms with Gasteiger partial charge in [-0.05, 0) is 268 Å². The number of rotatable bonds is 25. The summed E-state index contributed by atoms with van der Waals surface area (Å²) < 4.78 is 62.6. The molecule has 0 saturated carbocycles. The van der Waals surface area contributed by atoms with E-state index in [1.807, 2.05) is 279 Å². The number of hydrogen-bond donors (Lipinski definition) is 6. The molecule has 7 aromatic heterocycles. The summed E-state index contributed by atoms with van der Waals surface area (Å²) in [6, 6.07) is 71.4. The maximum absolute atomic E-state index is 12.3. The number of nitrogens with one attached hydrogen (secondary N) is 6. The molecule has 0 unspecified atom stereocenters. The summed E-state index contributed by atoms with van der Waals surface area (Å²) in [7, 11) is -11.1. The maximum atomic E-state index is 12.3. The number of carbonyl (C=O) groups is 1. The molecular weight excluding hydrogens is 1880 g/mol. The van der Waals surface area contributed by atoms with Gasteiger partial charge in [-0.25, -0.2) is 49.8 Å². The SMILES string of the molecule is CC.CC.CC.CC.CC.CC.CC.CC.CP(C)(=O)c1cccc(Nc2nccc(-c3cccc4c3C=CC4)n2)c1.Cc1ccc(C)c(Nc2nccc(-c3cccc(CP(C)(C)=O)c3)n2)c1.Cc1cccc(Nc2nccc(-c3cccc4c3ccn4CCCP(C)(C)=O)n2)c1.Cc1cccc(Nc2nccc(-c3cncc(P(C)(C)=O)c3)n2)c1.Cc1ccnc(Nc2cccc(NC(=O)CP(C)(C)=O)c2)n1. The van der Waals surface area contributed by atoms with E-state index in [9.17, 15) is 27.6 Å². The summed E-state index contributed by atoms with van der Waals surface area (Å²) in [5.74, 6) is 2.43. The number of hydrogen-bond acceptors (Lipinski definition) is 22. The van der Waals surface area contributed by atoms with Crippen molar-refractivity contribution in [2.75, 3.05) is 111 Å². The molecular formula is C115H157N18O6P5. The summed E-state index contributed by atoms with van der Waals surface area (Å²) in [5, 5.41) is 21.6. The van der Waals surface area contributed by atoms with Crippen molar-refractivity contribution in [1.82, 2.24) is 59.4 Å². The first-order chi connectivity index (χ1) is 68.9. The molecule has 16 rings (SSSR count). The third-order valence-corrected chi connectivity index (χ3v) is 26.5. The van der Waals surface area contributed by atoms with E-state index in [0.29, 0.717) is 41.6 Å². The minimum absolute atomic E-state index is 0.0334. The van der Waals surface area contributed by atoms with E-state index in [4.69, 9.17) is 4.98 Å². The second-order valence-corrected chi connectivity index (χ2v) is 50.6. The summed E-state index contributed by atoms with van der Waals surface area (Å²) >= 11 is 0. The lowest BCUT2D eigenvalue weighted by Gasteiger charge is -2.11. The van der Waals surface area contributed by atoms with E-state index in [-0.39, 0.29) is 12.1 Å². The predicted molar refractivity (Wildman–Crippen MR) is 624 cm³/mol. The van der Waals surface area contributed by atoms with Gasteiger partial charge < -0.3 is 59.3 Å². The van der Waals surface area contributed by atoms with Gasteiger partial charge in [0, 0.05) is 152 Å². The normalized spacial score (nSPS) is 10.7. The fourth-order valence-corrected chi connectivity index (χ4v) is 18.2. The molecule has 144 heavy (non-hydrogen) atoms. The van der Waals surface area contributed by atoms with Gasteiger partial charge in [-0.1, -0.05) is 226 Å². The zero-order valence-electron chi connectivity index (χ0n) is 90.9. The Kier molecular flexibility index (Phi) is 54.4. The highest BCUT2D eigenvalue weighted by Gasteiger charge is 2.20. The molecule has 0 bridgehead atoms. The average Bonchev–Trinajstić information content (AvgIpc) is 1.64. The lowest BCUT2D eigenvalue weighted by atomic mass is 10.0. The second kappa shape index (κ2) is 63.4. The van der Waals surface area contributed by atoms with Crippen LogP contribution in [0, 0.1) is 34.6 Å². The number of allylic oxidation sites excluding steroid dienone is 1. The first-order valence-corrected chi connectivity index (χ1v) is 63.3. The Bertz CT molecular complexity index is 6760. The minimum atomic E-state index is -2.38. The third kappa shape index (κ3) is 43.0. The van der Waals surface area contributed by atoms with E-state index in [1.165, 1.54) is 27.8 Å². The van der Waals surface area contributed by atoms with Crippen LogP contribution in [0.25, 0.3) is 62.0 Å². The Morgan fingerprint density at radius 3 is 1.35 bits per heavy atom. The van der Waals surface area contributed by atoms with Gasteiger partial charge in [0.15, 0.2) is 0 Å². The number of benzene rings is 8. The molecule has 0 fully saturated rings. The van der Waals surface area contributed by atoms with Crippen LogP contribution in [0.1, 0.15) is 162 Å². The Balaban J connectivity index is 0.000000363. The molecule has 1 amide bonds. The molecule has 1 aliphatic rings. The van der Waals surface area contributed by atoms with Crippen molar-refractivity contribution < 1.29 is 27.6 Å². The average molecular weight is 2040 g/mol. The molecule has 0 atom stereocenters. The van der Waals surface area contributed by atoms with Crippen LogP contribution < -0.4 is 42.5 Å². The molecule has 0 aliphatic heterocycles. The van der Waals surface area contributed by atoms with Crippen molar-refractivity contribution in [2.24, 2.45) is 0 Å². The highest BCUT2D eigenvalue weighted by atomic mass is 31.2. The second-order valence-electron chi connectivity index (χ2n) is 33.6. The molecule has 768 valence electrons. The first-order valence-electron chi connectivity index (χ1n) is 49.8. The molecule has 7 heterocycles. The van der Waals surface area contributed by atoms with Gasteiger partial charge in [-0.2, -0.15) is 0 Å². The number of aromatic nitrogens is 12. The molecule has 24 nitrogen and oxygen atoms in total. The van der Waals surface area contributed by atoms with Gasteiger partial charge >= 0.3 is 0 Å². The van der Waals surface area contributed by atoms with E-state index in [2.05, 4.69) is 204 Å². The smallest absolute Gasteiger partial charge is 0.231 e. The monoisotopic (exact) mass is 2040 g/mol. The van der Waals surface area contributed by atoms with E-state index in [0.717, 1.165) is 137 Å². The molecule has 0 spiro atoms. The number of anilines is 11. The van der Waals surface area contributed by atoms with Gasteiger partial charge in [-0.3, -0.25) is 9.78 Å². The van der Waals surface area contributed by atoms with E-state index in [1.54, 1.807) is 95.5 Å². The largest absolute Gasteiger partial charge is 0.347 e. The van der Waals surface area contributed by atoms with Crippen molar-refractivity contribution in [3.8, 4) is 45.0 Å². The zero-order chi connectivity index (χ0) is 107. The van der Waals surface area contributed by atoms with Gasteiger partial charge in [0.1, 0.15) is 14.3 Å². The Morgan fingerprint density at radius 1 is 0.375 bits per heavy atom. The minimum Gasteiger partial charge on any atom is -0.347 e. The van der Waals surface area contributed by atoms with Crippen LogP contribution >= 0.6 is 35.7 Å². The van der Waals surface area contributed by atoms with Crippen LogP contribution in [-0.2, 0) is 46.7 Å². The van der Waals surface area contributed by atoms with Crippen molar-refractivity contribution >= 4 is 133 Å². The number of fused-ring (bicyclic) bond motifs is 2. The Morgan fingerprint density at radius 2 is 0.826 bits per heavy atom. The van der Waals surface area contributed by atoms with Crippen LogP contribution in [0.5, 0.6) is 0 Å². The highest BCUT2D eigenvalue weighted by molar-refractivity contribution is 7.70. The van der Waals surface area contributed by atoms with Crippen LogP contribution in [0.15, 0.2) is 274 Å². The standard InChI is InChI=1S/C24H27N4OP.C21H20N3OP.C21H24N3OP.C18H19N4OP.C15H19N4O2P.8C2H6/c1-18-7-4-8-19(17-18)26-24-25-13-11-22(27-24)20-9-5-10-23-21(20)12-15-28(23)14-6-16-30(2,3)29;1-26(2,25)17-9-5-8-16(14-17)23-21-22-13-12-20(24-21)19-11-4-7-15-6-3-10-18(15)19;1-15-8-9-16(2)20(12-15)24-21-22-11-10-19(23-21)18-7-5-6-17(13-18)14-26(3,4)25;1-13-5-4-6-15(9-13)21-18-20-8-7-17(22-18)14-10-16(12-19-11-14)24(2,3)23;1-11-7-8-16-15(17-11)19-13-6-4-5-12(9-13)18-14(20)10-22(2,3)21;8*1-2/h4-5,7-13,15,17H,6,14,16H2,1-3H3,(H,25,26,27);3-5,7-14H,6H2,1-2H3,(H,22,23,24);5-13H,14H2,1-4H3,(H,22,23,24);4-12H,1-3H3,(H,20,21,22);4-9H,10H2,1-3H3,(H,18,20)(H,16,17,19);8*1-2H3. The third-order valence-electron chi connectivity index (χ3n) is 20.0. The van der Waals surface area contributed by atoms with Crippen LogP contribution in [0.4, 0.5) is 63.9 Å². The summed E-state index contributed by atoms with van der Waals surface area (Å²) in [5.41, 5.74) is 22.9. The predicted octanol–water partition coefficient (Wildman–Crippen LogP) is 31.6. The summed E-state index contributed by atoms with van der Waals surface area (Å²) in [4.78, 5) is 60.4. The van der Waals surface area contributed by atoms with Crippen molar-refractivity contribution in [1.29, 1.82) is 0 Å². The Labute approximate surface area is 860 Å². The molecule has 8 aromatic carbocycles. The quantitative estimate of drug-likeness (QED) is 0.0290. The molecule has 6 N–H and O–H groups in total. The number of aryl methyl sites for hydroxylation is 6. The van der Waals surface area contributed by atoms with Crippen LogP contribution in [0.2, 0.25) is 0 Å². The number of amides is 1. The lowest BCUT2D eigenvalue weighted by molar-refractivity contribution is -0.113.